The minimum atomic E-state index is 0.831. The number of hydrogen-bond donors (Lipinski definition) is 0. The van der Waals surface area contributed by atoms with E-state index < -0.39 is 0 Å². The van der Waals surface area contributed by atoms with E-state index in [1.54, 1.807) is 0 Å². The zero-order valence-electron chi connectivity index (χ0n) is 16.2. The van der Waals surface area contributed by atoms with E-state index in [0.717, 1.165) is 16.5 Å². The zero-order chi connectivity index (χ0) is 18.2. The number of aryl methyl sites for hydroxylation is 1. The first kappa shape index (κ1) is 22.2. The molecule has 0 heterocycles. The van der Waals surface area contributed by atoms with E-state index in [2.05, 4.69) is 35.0 Å². The third-order valence-corrected chi connectivity index (χ3v) is 5.48. The second kappa shape index (κ2) is 15.4. The molecule has 1 aromatic carbocycles. The van der Waals surface area contributed by atoms with Gasteiger partial charge in [0.1, 0.15) is 0 Å². The smallest absolute Gasteiger partial charge is 0.0994 e. The van der Waals surface area contributed by atoms with Gasteiger partial charge in [-0.05, 0) is 36.6 Å². The molecule has 0 N–H and O–H groups in total. The molecule has 0 saturated carbocycles. The molecule has 0 spiro atoms. The predicted molar refractivity (Wildman–Crippen MR) is 113 cm³/mol. The van der Waals surface area contributed by atoms with Gasteiger partial charge in [0.15, 0.2) is 0 Å². The van der Waals surface area contributed by atoms with Crippen LogP contribution in [0.15, 0.2) is 22.7 Å². The van der Waals surface area contributed by atoms with E-state index in [1.807, 2.05) is 12.1 Å². The molecule has 140 valence electrons. The highest BCUT2D eigenvalue weighted by atomic mass is 79.9. The normalized spacial score (nSPS) is 10.8. The second-order valence-electron chi connectivity index (χ2n) is 7.26. The summed E-state index contributed by atoms with van der Waals surface area (Å²) in [5.41, 5.74) is 2.02. The Kier molecular flexibility index (Phi) is 13.7. The number of nitriles is 1. The first-order chi connectivity index (χ1) is 12.3. The molecule has 25 heavy (non-hydrogen) atoms. The van der Waals surface area contributed by atoms with Crippen LogP contribution in [-0.4, -0.2) is 0 Å². The number of rotatable bonds is 15. The summed E-state index contributed by atoms with van der Waals surface area (Å²) >= 11 is 3.50. The third-order valence-electron chi connectivity index (χ3n) is 4.99. The van der Waals surface area contributed by atoms with Gasteiger partial charge < -0.3 is 0 Å². The summed E-state index contributed by atoms with van der Waals surface area (Å²) in [6.07, 6.45) is 20.4. The molecule has 0 aliphatic carbocycles. The highest BCUT2D eigenvalue weighted by Crippen LogP contribution is 2.19. The Balaban J connectivity index is 1.91. The van der Waals surface area contributed by atoms with Crippen molar-refractivity contribution in [3.63, 3.8) is 0 Å². The van der Waals surface area contributed by atoms with Gasteiger partial charge in [0.25, 0.3) is 0 Å². The van der Waals surface area contributed by atoms with Gasteiger partial charge >= 0.3 is 0 Å². The molecule has 1 aromatic rings. The first-order valence-corrected chi connectivity index (χ1v) is 11.3. The SMILES string of the molecule is CCCCCCCCCCCCCCCCc1cc(Br)ccc1C#N. The van der Waals surface area contributed by atoms with E-state index >= 15 is 0 Å². The van der Waals surface area contributed by atoms with Crippen LogP contribution in [0.4, 0.5) is 0 Å². The maximum atomic E-state index is 9.16. The first-order valence-electron chi connectivity index (χ1n) is 10.5. The van der Waals surface area contributed by atoms with Crippen molar-refractivity contribution in [2.75, 3.05) is 0 Å². The number of hydrogen-bond acceptors (Lipinski definition) is 1. The highest BCUT2D eigenvalue weighted by molar-refractivity contribution is 9.10. The molecule has 0 fully saturated rings. The van der Waals surface area contributed by atoms with Gasteiger partial charge in [0.2, 0.25) is 0 Å². The Hall–Kier alpha value is -0.810. The van der Waals surface area contributed by atoms with E-state index in [-0.39, 0.29) is 0 Å². The van der Waals surface area contributed by atoms with Crippen LogP contribution in [0.2, 0.25) is 0 Å². The van der Waals surface area contributed by atoms with Gasteiger partial charge in [0, 0.05) is 4.47 Å². The fourth-order valence-electron chi connectivity index (χ4n) is 3.39. The molecule has 0 bridgehead atoms. The average molecular weight is 406 g/mol. The van der Waals surface area contributed by atoms with Gasteiger partial charge in [0.05, 0.1) is 11.6 Å². The summed E-state index contributed by atoms with van der Waals surface area (Å²) in [6, 6.07) is 8.27. The maximum Gasteiger partial charge on any atom is 0.0994 e. The Bertz CT molecular complexity index is 489. The highest BCUT2D eigenvalue weighted by Gasteiger charge is 2.02. The van der Waals surface area contributed by atoms with Crippen molar-refractivity contribution >= 4 is 15.9 Å². The largest absolute Gasteiger partial charge is 0.192 e. The summed E-state index contributed by atoms with van der Waals surface area (Å²) in [5.74, 6) is 0. The van der Waals surface area contributed by atoms with Crippen molar-refractivity contribution in [1.82, 2.24) is 0 Å². The lowest BCUT2D eigenvalue weighted by Crippen LogP contribution is -1.91. The lowest BCUT2D eigenvalue weighted by Gasteiger charge is -2.05. The van der Waals surface area contributed by atoms with Crippen LogP contribution in [-0.2, 0) is 6.42 Å². The van der Waals surface area contributed by atoms with Crippen molar-refractivity contribution in [3.8, 4) is 6.07 Å². The van der Waals surface area contributed by atoms with Crippen molar-refractivity contribution in [2.45, 2.75) is 103 Å². The fourth-order valence-corrected chi connectivity index (χ4v) is 3.80. The molecule has 1 rings (SSSR count). The molecule has 0 unspecified atom stereocenters. The quantitative estimate of drug-likeness (QED) is 0.269. The van der Waals surface area contributed by atoms with Crippen LogP contribution in [0.1, 0.15) is 108 Å². The molecular weight excluding hydrogens is 370 g/mol. The van der Waals surface area contributed by atoms with Crippen LogP contribution < -0.4 is 0 Å². The van der Waals surface area contributed by atoms with Crippen LogP contribution >= 0.6 is 15.9 Å². The lowest BCUT2D eigenvalue weighted by atomic mass is 10.0. The van der Waals surface area contributed by atoms with Crippen LogP contribution in [0, 0.1) is 11.3 Å². The van der Waals surface area contributed by atoms with E-state index in [1.165, 1.54) is 95.5 Å². The monoisotopic (exact) mass is 405 g/mol. The number of benzene rings is 1. The summed E-state index contributed by atoms with van der Waals surface area (Å²) in [6.45, 7) is 2.28. The maximum absolute atomic E-state index is 9.16. The van der Waals surface area contributed by atoms with E-state index in [4.69, 9.17) is 5.26 Å². The molecule has 0 aromatic heterocycles. The summed E-state index contributed by atoms with van der Waals surface area (Å²) in [4.78, 5) is 0. The molecule has 0 aliphatic heterocycles. The van der Waals surface area contributed by atoms with Crippen molar-refractivity contribution < 1.29 is 0 Å². The van der Waals surface area contributed by atoms with Crippen LogP contribution in [0.25, 0.3) is 0 Å². The zero-order valence-corrected chi connectivity index (χ0v) is 17.7. The lowest BCUT2D eigenvalue weighted by molar-refractivity contribution is 0.535. The van der Waals surface area contributed by atoms with Crippen LogP contribution in [0.3, 0.4) is 0 Å². The fraction of sp³-hybridized carbons (Fsp3) is 0.696. The molecular formula is C23H36BrN. The number of nitrogens with zero attached hydrogens (tertiary/aromatic N) is 1. The van der Waals surface area contributed by atoms with Gasteiger partial charge in [-0.2, -0.15) is 5.26 Å². The average Bonchev–Trinajstić information content (AvgIpc) is 2.62. The topological polar surface area (TPSA) is 23.8 Å². The van der Waals surface area contributed by atoms with Crippen molar-refractivity contribution in [3.05, 3.63) is 33.8 Å². The Morgan fingerprint density at radius 1 is 0.760 bits per heavy atom. The number of unbranched alkanes of at least 4 members (excludes halogenated alkanes) is 13. The molecule has 0 amide bonds. The molecule has 0 saturated heterocycles. The standard InChI is InChI=1S/C23H36BrN/c1-2-3-4-5-6-7-8-9-10-11-12-13-14-15-16-21-19-23(24)18-17-22(21)20-25/h17-19H,2-16H2,1H3. The Morgan fingerprint density at radius 2 is 1.24 bits per heavy atom. The second-order valence-corrected chi connectivity index (χ2v) is 8.18. The van der Waals surface area contributed by atoms with Crippen molar-refractivity contribution in [2.24, 2.45) is 0 Å². The Morgan fingerprint density at radius 3 is 1.72 bits per heavy atom. The van der Waals surface area contributed by atoms with Gasteiger partial charge in [-0.3, -0.25) is 0 Å². The number of halogens is 1. The molecule has 0 atom stereocenters. The third kappa shape index (κ3) is 11.4. The molecule has 2 heteroatoms. The predicted octanol–water partition coefficient (Wildman–Crippen LogP) is 8.34. The molecule has 1 nitrogen and oxygen atoms in total. The minimum Gasteiger partial charge on any atom is -0.192 e. The van der Waals surface area contributed by atoms with Gasteiger partial charge in [-0.1, -0.05) is 106 Å². The van der Waals surface area contributed by atoms with Crippen molar-refractivity contribution in [1.29, 1.82) is 5.26 Å². The van der Waals surface area contributed by atoms with Crippen LogP contribution in [0.5, 0.6) is 0 Å². The minimum absolute atomic E-state index is 0.831. The molecule has 0 radical (unpaired) electrons. The van der Waals surface area contributed by atoms with Gasteiger partial charge in [-0.25, -0.2) is 0 Å². The van der Waals surface area contributed by atoms with Gasteiger partial charge in [-0.15, -0.1) is 0 Å². The van der Waals surface area contributed by atoms with E-state index in [0.29, 0.717) is 0 Å². The summed E-state index contributed by atoms with van der Waals surface area (Å²) in [7, 11) is 0. The van der Waals surface area contributed by atoms with E-state index in [9.17, 15) is 0 Å². The molecule has 0 aliphatic rings. The summed E-state index contributed by atoms with van der Waals surface area (Å²) < 4.78 is 1.08. The summed E-state index contributed by atoms with van der Waals surface area (Å²) in [5, 5.41) is 9.16. The Labute approximate surface area is 164 Å².